The molecule has 2 amide bonds. The number of hydrogen-bond acceptors (Lipinski definition) is 2. The summed E-state index contributed by atoms with van der Waals surface area (Å²) in [5, 5.41) is 4.75. The predicted molar refractivity (Wildman–Crippen MR) is 113 cm³/mol. The van der Waals surface area contributed by atoms with Gasteiger partial charge in [0.05, 0.1) is 0 Å². The highest BCUT2D eigenvalue weighted by Gasteiger charge is 2.41. The smallest absolute Gasteiger partial charge is 0.317 e. The second-order valence-corrected chi connectivity index (χ2v) is 9.13. The molecule has 3 atom stereocenters. The zero-order valence-corrected chi connectivity index (χ0v) is 17.3. The first-order chi connectivity index (χ1) is 13.6. The molecule has 2 unspecified atom stereocenters. The number of aromatic nitrogens is 1. The van der Waals surface area contributed by atoms with Crippen molar-refractivity contribution in [1.82, 2.24) is 20.1 Å². The largest absolute Gasteiger partial charge is 0.358 e. The van der Waals surface area contributed by atoms with Crippen molar-refractivity contribution < 1.29 is 4.79 Å². The highest BCUT2D eigenvalue weighted by Crippen LogP contribution is 2.48. The molecule has 5 heteroatoms. The molecular weight excluding hydrogens is 348 g/mol. The summed E-state index contributed by atoms with van der Waals surface area (Å²) < 4.78 is 0. The number of piperidine rings is 1. The molecule has 3 aliphatic rings. The molecular formula is C23H32N4O. The molecule has 28 heavy (non-hydrogen) atoms. The van der Waals surface area contributed by atoms with Crippen molar-refractivity contribution in [2.24, 2.45) is 0 Å². The van der Waals surface area contributed by atoms with Gasteiger partial charge >= 0.3 is 6.03 Å². The third-order valence-electron chi connectivity index (χ3n) is 7.55. The number of rotatable bonds is 3. The normalized spacial score (nSPS) is 27.3. The van der Waals surface area contributed by atoms with E-state index in [0.717, 1.165) is 31.8 Å². The number of nitrogens with zero attached hydrogens (tertiary/aromatic N) is 2. The molecule has 0 bridgehead atoms. The zero-order chi connectivity index (χ0) is 19.4. The first-order valence-electron chi connectivity index (χ1n) is 10.9. The Morgan fingerprint density at radius 3 is 2.89 bits per heavy atom. The van der Waals surface area contributed by atoms with Crippen LogP contribution >= 0.6 is 0 Å². The molecule has 1 saturated heterocycles. The maximum atomic E-state index is 12.4. The van der Waals surface area contributed by atoms with Gasteiger partial charge in [-0.15, -0.1) is 0 Å². The molecule has 2 aromatic rings. The second-order valence-electron chi connectivity index (χ2n) is 9.13. The Kier molecular flexibility index (Phi) is 4.38. The number of aromatic amines is 1. The number of amides is 2. The van der Waals surface area contributed by atoms with Gasteiger partial charge in [-0.25, -0.2) is 4.79 Å². The first kappa shape index (κ1) is 18.0. The van der Waals surface area contributed by atoms with Crippen LogP contribution in [0.3, 0.4) is 0 Å². The Labute approximate surface area is 167 Å². The van der Waals surface area contributed by atoms with E-state index in [0.29, 0.717) is 12.0 Å². The summed E-state index contributed by atoms with van der Waals surface area (Å²) in [6, 6.07) is 7.56. The molecule has 2 fully saturated rings. The molecule has 1 aromatic heterocycles. The van der Waals surface area contributed by atoms with Gasteiger partial charge in [0.15, 0.2) is 0 Å². The van der Waals surface area contributed by atoms with Crippen molar-refractivity contribution in [2.75, 3.05) is 27.2 Å². The van der Waals surface area contributed by atoms with E-state index in [1.165, 1.54) is 41.4 Å². The van der Waals surface area contributed by atoms with Gasteiger partial charge in [-0.2, -0.15) is 0 Å². The summed E-state index contributed by atoms with van der Waals surface area (Å²) in [5.41, 5.74) is 5.89. The first-order valence-corrected chi connectivity index (χ1v) is 10.9. The van der Waals surface area contributed by atoms with E-state index in [-0.39, 0.29) is 12.1 Å². The predicted octanol–water partition coefficient (Wildman–Crippen LogP) is 3.81. The van der Waals surface area contributed by atoms with Gasteiger partial charge < -0.3 is 20.1 Å². The number of H-pyrrole nitrogens is 1. The summed E-state index contributed by atoms with van der Waals surface area (Å²) in [7, 11) is 4.10. The fourth-order valence-electron chi connectivity index (χ4n) is 5.64. The van der Waals surface area contributed by atoms with E-state index in [1.54, 1.807) is 10.5 Å². The van der Waals surface area contributed by atoms with E-state index < -0.39 is 0 Å². The Morgan fingerprint density at radius 1 is 1.36 bits per heavy atom. The monoisotopic (exact) mass is 380 g/mol. The van der Waals surface area contributed by atoms with Gasteiger partial charge in [-0.1, -0.05) is 18.6 Å². The number of benzene rings is 1. The number of urea groups is 1. The van der Waals surface area contributed by atoms with Crippen LogP contribution in [-0.4, -0.2) is 60.1 Å². The average molecular weight is 381 g/mol. The van der Waals surface area contributed by atoms with Crippen molar-refractivity contribution >= 4 is 16.9 Å². The molecule has 150 valence electrons. The lowest BCUT2D eigenvalue weighted by molar-refractivity contribution is 0.124. The number of carbonyl (C=O) groups is 1. The van der Waals surface area contributed by atoms with E-state index >= 15 is 0 Å². The highest BCUT2D eigenvalue weighted by molar-refractivity contribution is 5.90. The SMILES string of the molecule is CCN(C)C(=O)NC1CC2c3cccc4[nH]c(C5CCC5)c(c34)C[C@H]2N(C)C1. The Hall–Kier alpha value is -2.01. The Balaban J connectivity index is 1.48. The van der Waals surface area contributed by atoms with Crippen LogP contribution in [0.4, 0.5) is 4.79 Å². The second kappa shape index (κ2) is 6.80. The third-order valence-corrected chi connectivity index (χ3v) is 7.55. The molecule has 1 aromatic carbocycles. The number of hydrogen-bond donors (Lipinski definition) is 2. The number of carbonyl (C=O) groups excluding carboxylic acids is 1. The van der Waals surface area contributed by atoms with Crippen molar-refractivity contribution in [3.8, 4) is 0 Å². The third kappa shape index (κ3) is 2.74. The van der Waals surface area contributed by atoms with Crippen molar-refractivity contribution in [2.45, 2.75) is 62.9 Å². The Bertz CT molecular complexity index is 899. The van der Waals surface area contributed by atoms with Gasteiger partial charge in [0.1, 0.15) is 0 Å². The van der Waals surface area contributed by atoms with Crippen LogP contribution < -0.4 is 5.32 Å². The van der Waals surface area contributed by atoms with Gasteiger partial charge in [0.2, 0.25) is 0 Å². The summed E-state index contributed by atoms with van der Waals surface area (Å²) in [6.45, 7) is 3.67. The molecule has 2 heterocycles. The van der Waals surface area contributed by atoms with Crippen LogP contribution in [0.2, 0.25) is 0 Å². The van der Waals surface area contributed by atoms with Crippen molar-refractivity contribution in [3.05, 3.63) is 35.0 Å². The minimum absolute atomic E-state index is 0.0444. The maximum Gasteiger partial charge on any atom is 0.317 e. The standard InChI is InChI=1S/C23H32N4O/c1-4-26(2)23(28)24-15-11-17-16-9-6-10-19-21(16)18(12-20(17)27(3)13-15)22(25-19)14-7-5-8-14/h6,9-10,14-15,17,20,25H,4-5,7-8,11-13H2,1-3H3,(H,24,28)/t15?,17?,20-/m1/s1. The molecule has 2 N–H and O–H groups in total. The lowest BCUT2D eigenvalue weighted by atomic mass is 9.72. The van der Waals surface area contributed by atoms with Crippen LogP contribution in [0.1, 0.15) is 61.3 Å². The van der Waals surface area contributed by atoms with Crippen LogP contribution in [-0.2, 0) is 6.42 Å². The fraction of sp³-hybridized carbons (Fsp3) is 0.609. The summed E-state index contributed by atoms with van der Waals surface area (Å²) >= 11 is 0. The molecule has 1 saturated carbocycles. The number of nitrogens with one attached hydrogen (secondary N) is 2. The molecule has 2 aliphatic carbocycles. The van der Waals surface area contributed by atoms with Gasteiger partial charge in [0.25, 0.3) is 0 Å². The van der Waals surface area contributed by atoms with Gasteiger partial charge in [-0.3, -0.25) is 0 Å². The van der Waals surface area contributed by atoms with Gasteiger partial charge in [-0.05, 0) is 62.8 Å². The topological polar surface area (TPSA) is 51.4 Å². The van der Waals surface area contributed by atoms with E-state index in [2.05, 4.69) is 40.4 Å². The fourth-order valence-corrected chi connectivity index (χ4v) is 5.64. The van der Waals surface area contributed by atoms with E-state index in [4.69, 9.17) is 0 Å². The molecule has 5 nitrogen and oxygen atoms in total. The van der Waals surface area contributed by atoms with E-state index in [1.807, 2.05) is 14.0 Å². The Morgan fingerprint density at radius 2 is 2.18 bits per heavy atom. The van der Waals surface area contributed by atoms with Crippen LogP contribution in [0.25, 0.3) is 10.9 Å². The van der Waals surface area contributed by atoms with Crippen LogP contribution in [0.15, 0.2) is 18.2 Å². The number of likely N-dealkylation sites (tertiary alicyclic amines) is 1. The quantitative estimate of drug-likeness (QED) is 0.851. The minimum atomic E-state index is 0.0444. The molecule has 0 radical (unpaired) electrons. The average Bonchev–Trinajstić information content (AvgIpc) is 3.00. The maximum absolute atomic E-state index is 12.4. The lowest BCUT2D eigenvalue weighted by Gasteiger charge is -2.46. The summed E-state index contributed by atoms with van der Waals surface area (Å²) in [5.74, 6) is 1.22. The molecule has 0 spiro atoms. The lowest BCUT2D eigenvalue weighted by Crippen LogP contribution is -2.56. The van der Waals surface area contributed by atoms with Crippen LogP contribution in [0, 0.1) is 0 Å². The number of fused-ring (bicyclic) bond motifs is 2. The molecule has 1 aliphatic heterocycles. The minimum Gasteiger partial charge on any atom is -0.358 e. The summed E-state index contributed by atoms with van der Waals surface area (Å²) in [6.07, 6.45) is 6.20. The van der Waals surface area contributed by atoms with Crippen molar-refractivity contribution in [1.29, 1.82) is 0 Å². The zero-order valence-electron chi connectivity index (χ0n) is 17.3. The summed E-state index contributed by atoms with van der Waals surface area (Å²) in [4.78, 5) is 20.4. The van der Waals surface area contributed by atoms with Gasteiger partial charge in [0, 0.05) is 54.7 Å². The van der Waals surface area contributed by atoms with Crippen molar-refractivity contribution in [3.63, 3.8) is 0 Å². The highest BCUT2D eigenvalue weighted by atomic mass is 16.2. The number of likely N-dealkylation sites (N-methyl/N-ethyl adjacent to an activating group) is 1. The molecule has 5 rings (SSSR count). The van der Waals surface area contributed by atoms with Crippen LogP contribution in [0.5, 0.6) is 0 Å². The van der Waals surface area contributed by atoms with E-state index in [9.17, 15) is 4.79 Å².